The summed E-state index contributed by atoms with van der Waals surface area (Å²) in [5, 5.41) is 22.2. The van der Waals surface area contributed by atoms with Gasteiger partial charge in [0, 0.05) is 36.4 Å². The SMILES string of the molecule is N=C1/C(=N\c2c(OCCO)nn3ccccc23)C=C(OCCn2ccnc2)c2[nH]ccc21. The molecule has 162 valence electrons. The standard InChI is InChI=1S/C22H21N7O3/c23-19-15-4-5-25-20(15)18(31-11-9-28-8-6-24-14-28)13-16(19)26-21-17-3-1-2-7-29(17)27-22(21)32-12-10-30/h1-8,13-14,23,25,30H,9-12H2/b23-19?,26-16-. The van der Waals surface area contributed by atoms with Crippen LogP contribution in [0.3, 0.4) is 0 Å². The summed E-state index contributed by atoms with van der Waals surface area (Å²) < 4.78 is 15.2. The second-order valence-electron chi connectivity index (χ2n) is 7.05. The Morgan fingerprint density at radius 2 is 2.09 bits per heavy atom. The second kappa shape index (κ2) is 8.52. The van der Waals surface area contributed by atoms with Gasteiger partial charge in [0.2, 0.25) is 0 Å². The van der Waals surface area contributed by atoms with Crippen molar-refractivity contribution in [1.82, 2.24) is 24.1 Å². The van der Waals surface area contributed by atoms with Crippen molar-refractivity contribution in [1.29, 1.82) is 5.41 Å². The third-order valence-corrected chi connectivity index (χ3v) is 5.00. The first-order chi connectivity index (χ1) is 15.7. The van der Waals surface area contributed by atoms with Crippen molar-refractivity contribution in [2.45, 2.75) is 6.54 Å². The Morgan fingerprint density at radius 3 is 2.94 bits per heavy atom. The molecule has 3 N–H and O–H groups in total. The lowest BCUT2D eigenvalue weighted by molar-refractivity contribution is 0.197. The summed E-state index contributed by atoms with van der Waals surface area (Å²) in [6, 6.07) is 7.44. The number of hydrogen-bond donors (Lipinski definition) is 3. The smallest absolute Gasteiger partial charge is 0.260 e. The van der Waals surface area contributed by atoms with Gasteiger partial charge in [-0.3, -0.25) is 5.41 Å². The molecule has 5 rings (SSSR count). The number of nitrogens with zero attached hydrogens (tertiary/aromatic N) is 5. The third-order valence-electron chi connectivity index (χ3n) is 5.00. The molecular formula is C22H21N7O3. The number of aliphatic hydroxyl groups excluding tert-OH is 1. The van der Waals surface area contributed by atoms with Crippen molar-refractivity contribution in [3.63, 3.8) is 0 Å². The highest BCUT2D eigenvalue weighted by molar-refractivity contribution is 6.54. The van der Waals surface area contributed by atoms with Crippen LogP contribution < -0.4 is 4.74 Å². The molecule has 0 amide bonds. The largest absolute Gasteiger partial charge is 0.489 e. The van der Waals surface area contributed by atoms with Gasteiger partial charge in [0.25, 0.3) is 5.88 Å². The first kappa shape index (κ1) is 19.8. The molecule has 0 saturated carbocycles. The van der Waals surface area contributed by atoms with Crippen LogP contribution in [0.15, 0.2) is 66.4 Å². The zero-order chi connectivity index (χ0) is 21.9. The molecular weight excluding hydrogens is 410 g/mol. The lowest BCUT2D eigenvalue weighted by Crippen LogP contribution is -2.19. The minimum Gasteiger partial charge on any atom is -0.489 e. The second-order valence-corrected chi connectivity index (χ2v) is 7.05. The normalized spacial score (nSPS) is 14.6. The van der Waals surface area contributed by atoms with Crippen LogP contribution in [0.25, 0.3) is 11.3 Å². The van der Waals surface area contributed by atoms with Gasteiger partial charge < -0.3 is 24.1 Å². The van der Waals surface area contributed by atoms with E-state index in [4.69, 9.17) is 25.0 Å². The van der Waals surface area contributed by atoms with Gasteiger partial charge in [0.05, 0.1) is 42.1 Å². The van der Waals surface area contributed by atoms with Crippen LogP contribution in [-0.2, 0) is 11.3 Å². The average Bonchev–Trinajstić information content (AvgIpc) is 3.56. The Morgan fingerprint density at radius 1 is 1.16 bits per heavy atom. The van der Waals surface area contributed by atoms with Crippen molar-refractivity contribution in [3.8, 4) is 5.88 Å². The summed E-state index contributed by atoms with van der Waals surface area (Å²) in [5.74, 6) is 0.899. The van der Waals surface area contributed by atoms with E-state index in [2.05, 4.69) is 15.1 Å². The number of pyridine rings is 1. The van der Waals surface area contributed by atoms with Gasteiger partial charge in [0.15, 0.2) is 5.69 Å². The number of allylic oxidation sites excluding steroid dienone is 1. The first-order valence-electron chi connectivity index (χ1n) is 10.1. The number of nitrogens with one attached hydrogen (secondary N) is 2. The zero-order valence-corrected chi connectivity index (χ0v) is 17.1. The van der Waals surface area contributed by atoms with Gasteiger partial charge in [-0.25, -0.2) is 14.5 Å². The topological polar surface area (TPSA) is 126 Å². The van der Waals surface area contributed by atoms with Gasteiger partial charge >= 0.3 is 0 Å². The van der Waals surface area contributed by atoms with E-state index >= 15 is 0 Å². The molecule has 10 heteroatoms. The zero-order valence-electron chi connectivity index (χ0n) is 17.1. The number of aromatic nitrogens is 5. The fourth-order valence-corrected chi connectivity index (χ4v) is 3.50. The van der Waals surface area contributed by atoms with Crippen LogP contribution in [0, 0.1) is 5.41 Å². The number of fused-ring (bicyclic) bond motifs is 2. The molecule has 10 nitrogen and oxygen atoms in total. The Kier molecular flexibility index (Phi) is 5.26. The number of hydrogen-bond acceptors (Lipinski definition) is 7. The molecule has 0 aromatic carbocycles. The molecule has 4 heterocycles. The predicted octanol–water partition coefficient (Wildman–Crippen LogP) is 2.44. The van der Waals surface area contributed by atoms with Crippen molar-refractivity contribution in [2.24, 2.45) is 4.99 Å². The van der Waals surface area contributed by atoms with Gasteiger partial charge in [-0.15, -0.1) is 5.10 Å². The lowest BCUT2D eigenvalue weighted by atomic mass is 9.98. The number of aliphatic hydroxyl groups is 1. The number of H-pyrrole nitrogens is 1. The van der Waals surface area contributed by atoms with Crippen LogP contribution in [-0.4, -0.2) is 60.5 Å². The molecule has 4 aromatic rings. The summed E-state index contributed by atoms with van der Waals surface area (Å²) in [6.45, 7) is 1.04. The quantitative estimate of drug-likeness (QED) is 0.395. The summed E-state index contributed by atoms with van der Waals surface area (Å²) in [4.78, 5) is 11.9. The van der Waals surface area contributed by atoms with Gasteiger partial charge in [-0.05, 0) is 18.2 Å². The molecule has 0 radical (unpaired) electrons. The Bertz CT molecular complexity index is 1310. The highest BCUT2D eigenvalue weighted by Gasteiger charge is 2.25. The van der Waals surface area contributed by atoms with Crippen molar-refractivity contribution in [2.75, 3.05) is 19.8 Å². The van der Waals surface area contributed by atoms with E-state index < -0.39 is 0 Å². The molecule has 0 saturated heterocycles. The third kappa shape index (κ3) is 3.67. The van der Waals surface area contributed by atoms with Crippen LogP contribution in [0.4, 0.5) is 5.69 Å². The van der Waals surface area contributed by atoms with Crippen LogP contribution in [0.1, 0.15) is 11.3 Å². The average molecular weight is 431 g/mol. The maximum atomic E-state index is 9.16. The van der Waals surface area contributed by atoms with Crippen molar-refractivity contribution < 1.29 is 14.6 Å². The Hall–Kier alpha value is -4.18. The fraction of sp³-hybridized carbons (Fsp3) is 0.182. The summed E-state index contributed by atoms with van der Waals surface area (Å²) in [7, 11) is 0. The molecule has 32 heavy (non-hydrogen) atoms. The van der Waals surface area contributed by atoms with E-state index in [0.29, 0.717) is 41.8 Å². The molecule has 0 unspecified atom stereocenters. The highest BCUT2D eigenvalue weighted by atomic mass is 16.5. The summed E-state index contributed by atoms with van der Waals surface area (Å²) in [5.41, 5.74) is 3.38. The van der Waals surface area contributed by atoms with E-state index in [-0.39, 0.29) is 18.9 Å². The van der Waals surface area contributed by atoms with E-state index in [0.717, 1.165) is 11.2 Å². The molecule has 4 aromatic heterocycles. The molecule has 1 aliphatic rings. The number of aliphatic imine (C=N–C) groups is 1. The number of imidazole rings is 1. The number of aromatic amines is 1. The van der Waals surface area contributed by atoms with Gasteiger partial charge in [-0.1, -0.05) is 6.07 Å². The van der Waals surface area contributed by atoms with E-state index in [9.17, 15) is 0 Å². The molecule has 0 bridgehead atoms. The van der Waals surface area contributed by atoms with Crippen LogP contribution in [0.5, 0.6) is 5.88 Å². The first-order valence-corrected chi connectivity index (χ1v) is 10.1. The minimum atomic E-state index is -0.138. The fourth-order valence-electron chi connectivity index (χ4n) is 3.50. The lowest BCUT2D eigenvalue weighted by Gasteiger charge is -2.17. The summed E-state index contributed by atoms with van der Waals surface area (Å²) in [6.07, 6.45) is 10.7. The van der Waals surface area contributed by atoms with E-state index in [1.54, 1.807) is 35.5 Å². The molecule has 0 spiro atoms. The van der Waals surface area contributed by atoms with Crippen molar-refractivity contribution in [3.05, 3.63) is 72.7 Å². The van der Waals surface area contributed by atoms with Crippen molar-refractivity contribution >= 4 is 28.4 Å². The predicted molar refractivity (Wildman–Crippen MR) is 119 cm³/mol. The van der Waals surface area contributed by atoms with Gasteiger partial charge in [0.1, 0.15) is 19.0 Å². The molecule has 0 atom stereocenters. The van der Waals surface area contributed by atoms with E-state index in [1.165, 1.54) is 0 Å². The highest BCUT2D eigenvalue weighted by Crippen LogP contribution is 2.34. The Balaban J connectivity index is 1.51. The van der Waals surface area contributed by atoms with E-state index in [1.807, 2.05) is 35.0 Å². The van der Waals surface area contributed by atoms with Crippen LogP contribution in [0.2, 0.25) is 0 Å². The maximum Gasteiger partial charge on any atom is 0.260 e. The molecule has 0 fully saturated rings. The number of ether oxygens (including phenoxy) is 2. The minimum absolute atomic E-state index is 0.0968. The molecule has 0 aliphatic heterocycles. The monoisotopic (exact) mass is 431 g/mol. The van der Waals surface area contributed by atoms with Gasteiger partial charge in [-0.2, -0.15) is 0 Å². The van der Waals surface area contributed by atoms with Crippen LogP contribution >= 0.6 is 0 Å². The summed E-state index contributed by atoms with van der Waals surface area (Å²) >= 11 is 0. The molecule has 1 aliphatic carbocycles. The Labute approximate surface area is 183 Å². The number of rotatable bonds is 8. The maximum absolute atomic E-state index is 9.16.